The van der Waals surface area contributed by atoms with Crippen LogP contribution in [0.3, 0.4) is 0 Å². The van der Waals surface area contributed by atoms with Crippen molar-refractivity contribution in [3.63, 3.8) is 0 Å². The summed E-state index contributed by atoms with van der Waals surface area (Å²) in [5.74, 6) is 2.29. The van der Waals surface area contributed by atoms with Crippen LogP contribution in [0.25, 0.3) is 17.2 Å². The van der Waals surface area contributed by atoms with Crippen LogP contribution < -0.4 is 15.0 Å². The van der Waals surface area contributed by atoms with Crippen LogP contribution in [0.15, 0.2) is 60.0 Å². The molecule has 35 heavy (non-hydrogen) atoms. The first-order valence-electron chi connectivity index (χ1n) is 10.8. The van der Waals surface area contributed by atoms with Crippen molar-refractivity contribution in [2.75, 3.05) is 47.6 Å². The van der Waals surface area contributed by atoms with Gasteiger partial charge in [0.1, 0.15) is 5.82 Å². The molecule has 0 aliphatic carbocycles. The fraction of sp³-hybridized carbons (Fsp3) is 0.227. The number of hydrazone groups is 1. The van der Waals surface area contributed by atoms with Gasteiger partial charge in [-0.25, -0.2) is 8.42 Å². The normalized spacial score (nSPS) is 14.5. The van der Waals surface area contributed by atoms with Crippen molar-refractivity contribution in [1.82, 2.24) is 24.6 Å². The molecule has 1 aromatic carbocycles. The van der Waals surface area contributed by atoms with E-state index in [-0.39, 0.29) is 0 Å². The van der Waals surface area contributed by atoms with Crippen molar-refractivity contribution < 1.29 is 13.2 Å². The summed E-state index contributed by atoms with van der Waals surface area (Å²) in [6.07, 6.45) is 6.08. The number of sulfonamides is 1. The van der Waals surface area contributed by atoms with Crippen molar-refractivity contribution >= 4 is 39.3 Å². The number of aromatic nitrogens is 5. The first-order valence-corrected chi connectivity index (χ1v) is 12.7. The second-order valence-electron chi connectivity index (χ2n) is 7.85. The average molecular weight is 494 g/mol. The van der Waals surface area contributed by atoms with E-state index in [0.29, 0.717) is 55.0 Å². The van der Waals surface area contributed by atoms with E-state index in [1.807, 2.05) is 24.3 Å². The Morgan fingerprint density at radius 1 is 1.09 bits per heavy atom. The molecular formula is C22H23N9O3S. The Bertz CT molecular complexity index is 1470. The van der Waals surface area contributed by atoms with Gasteiger partial charge < -0.3 is 9.64 Å². The quantitative estimate of drug-likeness (QED) is 0.292. The second kappa shape index (κ2) is 9.64. The summed E-state index contributed by atoms with van der Waals surface area (Å²) < 4.78 is 32.6. The van der Waals surface area contributed by atoms with Gasteiger partial charge in [0.25, 0.3) is 5.78 Å². The lowest BCUT2D eigenvalue weighted by Gasteiger charge is -2.28. The fourth-order valence-electron chi connectivity index (χ4n) is 3.62. The van der Waals surface area contributed by atoms with E-state index in [2.05, 4.69) is 40.2 Å². The van der Waals surface area contributed by atoms with Gasteiger partial charge in [-0.3, -0.25) is 15.1 Å². The van der Waals surface area contributed by atoms with Crippen molar-refractivity contribution in [1.29, 1.82) is 0 Å². The maximum atomic E-state index is 11.5. The zero-order valence-corrected chi connectivity index (χ0v) is 19.7. The molecule has 0 unspecified atom stereocenters. The maximum absolute atomic E-state index is 11.5. The Morgan fingerprint density at radius 2 is 1.89 bits per heavy atom. The molecule has 0 saturated carbocycles. The number of nitrogens with one attached hydrogen (secondary N) is 2. The molecule has 0 atom stereocenters. The molecule has 12 nitrogen and oxygen atoms in total. The molecule has 1 saturated heterocycles. The summed E-state index contributed by atoms with van der Waals surface area (Å²) in [5.41, 5.74) is 4.96. The summed E-state index contributed by atoms with van der Waals surface area (Å²) in [7, 11) is -3.36. The minimum atomic E-state index is -3.36. The third-order valence-electron chi connectivity index (χ3n) is 5.15. The van der Waals surface area contributed by atoms with Gasteiger partial charge in [-0.2, -0.15) is 19.6 Å². The van der Waals surface area contributed by atoms with Crippen molar-refractivity contribution in [3.05, 3.63) is 60.4 Å². The number of fused-ring (bicyclic) bond motifs is 1. The van der Waals surface area contributed by atoms with Crippen LogP contribution in [0.1, 0.15) is 5.56 Å². The standard InChI is InChI=1S/C22H23N9O3S/c1-35(32,33)29-18-4-2-3-16(13-18)15-24-27-19-14-20(30-9-11-34-12-10-30)31-22(25-19)26-21(28-31)17-5-7-23-8-6-17/h2-8,13-15,29H,9-12H2,1H3,(H,25,26,27,28). The van der Waals surface area contributed by atoms with Crippen LogP contribution in [0.4, 0.5) is 17.3 Å². The molecule has 0 amide bonds. The number of pyridine rings is 1. The lowest BCUT2D eigenvalue weighted by Crippen LogP contribution is -2.37. The predicted molar refractivity (Wildman–Crippen MR) is 133 cm³/mol. The van der Waals surface area contributed by atoms with Gasteiger partial charge in [0.2, 0.25) is 10.0 Å². The Morgan fingerprint density at radius 3 is 2.66 bits per heavy atom. The molecule has 0 radical (unpaired) electrons. The van der Waals surface area contributed by atoms with Gasteiger partial charge in [0, 0.05) is 42.8 Å². The first-order chi connectivity index (χ1) is 16.9. The number of ether oxygens (including phenoxy) is 1. The van der Waals surface area contributed by atoms with Gasteiger partial charge in [0.05, 0.1) is 25.7 Å². The Balaban J connectivity index is 1.44. The number of hydrogen-bond acceptors (Lipinski definition) is 10. The van der Waals surface area contributed by atoms with Gasteiger partial charge >= 0.3 is 0 Å². The zero-order valence-electron chi connectivity index (χ0n) is 18.9. The van der Waals surface area contributed by atoms with E-state index in [1.165, 1.54) is 0 Å². The molecule has 3 aromatic heterocycles. The summed E-state index contributed by atoms with van der Waals surface area (Å²) in [6.45, 7) is 2.67. The molecule has 1 aliphatic rings. The second-order valence-corrected chi connectivity index (χ2v) is 9.60. The predicted octanol–water partition coefficient (Wildman–Crippen LogP) is 1.84. The maximum Gasteiger partial charge on any atom is 0.256 e. The Kier molecular flexibility index (Phi) is 6.25. The van der Waals surface area contributed by atoms with Crippen molar-refractivity contribution in [2.45, 2.75) is 0 Å². The summed E-state index contributed by atoms with van der Waals surface area (Å²) in [5, 5.41) is 8.96. The first kappa shape index (κ1) is 22.7. The van der Waals surface area contributed by atoms with Crippen LogP contribution in [0.5, 0.6) is 0 Å². The van der Waals surface area contributed by atoms with Crippen LogP contribution in [0.2, 0.25) is 0 Å². The van der Waals surface area contributed by atoms with Crippen LogP contribution in [-0.2, 0) is 14.8 Å². The highest BCUT2D eigenvalue weighted by Gasteiger charge is 2.19. The van der Waals surface area contributed by atoms with Gasteiger partial charge in [-0.15, -0.1) is 5.10 Å². The summed E-state index contributed by atoms with van der Waals surface area (Å²) in [6, 6.07) is 12.5. The minimum absolute atomic E-state index is 0.429. The average Bonchev–Trinajstić information content (AvgIpc) is 3.28. The number of anilines is 3. The smallest absolute Gasteiger partial charge is 0.256 e. The molecule has 0 bridgehead atoms. The van der Waals surface area contributed by atoms with E-state index < -0.39 is 10.0 Å². The SMILES string of the molecule is CS(=O)(=O)Nc1cccc(C=NNc2cc(N3CCOCC3)n3nc(-c4ccncc4)nc3n2)c1. The Hall–Kier alpha value is -4.10. The van der Waals surface area contributed by atoms with E-state index in [4.69, 9.17) is 4.74 Å². The summed E-state index contributed by atoms with van der Waals surface area (Å²) in [4.78, 5) is 15.4. The third-order valence-corrected chi connectivity index (χ3v) is 5.76. The highest BCUT2D eigenvalue weighted by atomic mass is 32.2. The number of rotatable bonds is 7. The number of morpholine rings is 1. The van der Waals surface area contributed by atoms with E-state index >= 15 is 0 Å². The largest absolute Gasteiger partial charge is 0.378 e. The molecule has 13 heteroatoms. The highest BCUT2D eigenvalue weighted by Crippen LogP contribution is 2.23. The molecule has 180 valence electrons. The minimum Gasteiger partial charge on any atom is -0.378 e. The van der Waals surface area contributed by atoms with Gasteiger partial charge in [-0.1, -0.05) is 12.1 Å². The fourth-order valence-corrected chi connectivity index (χ4v) is 4.18. The Labute approximate surface area is 201 Å². The molecule has 2 N–H and O–H groups in total. The molecule has 0 spiro atoms. The number of hydrogen-bond donors (Lipinski definition) is 2. The van der Waals surface area contributed by atoms with E-state index in [0.717, 1.165) is 17.6 Å². The monoisotopic (exact) mass is 493 g/mol. The topological polar surface area (TPSA) is 139 Å². The molecule has 4 aromatic rings. The van der Waals surface area contributed by atoms with Gasteiger partial charge in [-0.05, 0) is 29.8 Å². The number of benzene rings is 1. The van der Waals surface area contributed by atoms with Crippen molar-refractivity contribution in [3.8, 4) is 11.4 Å². The molecule has 1 fully saturated rings. The molecular weight excluding hydrogens is 470 g/mol. The zero-order chi connectivity index (χ0) is 24.3. The van der Waals surface area contributed by atoms with E-state index in [9.17, 15) is 8.42 Å². The van der Waals surface area contributed by atoms with Crippen LogP contribution in [-0.4, -0.2) is 71.8 Å². The third kappa shape index (κ3) is 5.53. The number of nitrogens with zero attached hydrogens (tertiary/aromatic N) is 7. The lowest BCUT2D eigenvalue weighted by molar-refractivity contribution is 0.122. The summed E-state index contributed by atoms with van der Waals surface area (Å²) >= 11 is 0. The van der Waals surface area contributed by atoms with Crippen molar-refractivity contribution in [2.24, 2.45) is 5.10 Å². The highest BCUT2D eigenvalue weighted by molar-refractivity contribution is 7.92. The molecule has 1 aliphatic heterocycles. The van der Waals surface area contributed by atoms with E-state index in [1.54, 1.807) is 41.3 Å². The lowest BCUT2D eigenvalue weighted by atomic mass is 10.2. The molecule has 5 rings (SSSR count). The van der Waals surface area contributed by atoms with Crippen LogP contribution >= 0.6 is 0 Å². The van der Waals surface area contributed by atoms with Crippen LogP contribution in [0, 0.1) is 0 Å². The molecule has 4 heterocycles. The van der Waals surface area contributed by atoms with Gasteiger partial charge in [0.15, 0.2) is 11.6 Å².